The average Bonchev–Trinajstić information content (AvgIpc) is 3.37. The highest BCUT2D eigenvalue weighted by Gasteiger charge is 2.33. The number of fused-ring (bicyclic) bond motifs is 3. The largest absolute Gasteiger partial charge is 0.496 e. The van der Waals surface area contributed by atoms with E-state index in [9.17, 15) is 14.9 Å². The molecule has 5 aromatic rings. The fraction of sp³-hybridized carbons (Fsp3) is 0.143. The fourth-order valence-electron chi connectivity index (χ4n) is 5.88. The first-order valence-corrected chi connectivity index (χ1v) is 15.0. The fourth-order valence-corrected chi connectivity index (χ4v) is 6.88. The topological polar surface area (TPSA) is 96.0 Å². The molecule has 1 aliphatic heterocycles. The number of benzene rings is 4. The highest BCUT2D eigenvalue weighted by molar-refractivity contribution is 7.07. The summed E-state index contributed by atoms with van der Waals surface area (Å²) < 4.78 is 14.1. The molecule has 0 amide bonds. The first-order chi connectivity index (χ1) is 21.5. The van der Waals surface area contributed by atoms with Gasteiger partial charge >= 0.3 is 0 Å². The maximum absolute atomic E-state index is 14.1. The number of nitro benzene ring substituents is 1. The summed E-state index contributed by atoms with van der Waals surface area (Å²) in [7, 11) is 1.66. The Balaban J connectivity index is 1.24. The number of methoxy groups -OCH3 is 1. The van der Waals surface area contributed by atoms with Crippen LogP contribution in [0.1, 0.15) is 40.3 Å². The van der Waals surface area contributed by atoms with Gasteiger partial charge in [0.1, 0.15) is 18.1 Å². The molecule has 8 nitrogen and oxygen atoms in total. The van der Waals surface area contributed by atoms with E-state index in [4.69, 9.17) is 14.5 Å². The van der Waals surface area contributed by atoms with Gasteiger partial charge in [0, 0.05) is 23.3 Å². The van der Waals surface area contributed by atoms with E-state index in [-0.39, 0.29) is 23.9 Å². The van der Waals surface area contributed by atoms with Crippen molar-refractivity contribution >= 4 is 28.8 Å². The van der Waals surface area contributed by atoms with Crippen molar-refractivity contribution < 1.29 is 14.4 Å². The van der Waals surface area contributed by atoms with E-state index in [1.807, 2.05) is 65.2 Å². The van der Waals surface area contributed by atoms with Crippen LogP contribution >= 0.6 is 11.3 Å². The highest BCUT2D eigenvalue weighted by atomic mass is 32.1. The number of ether oxygens (including phenoxy) is 2. The van der Waals surface area contributed by atoms with Gasteiger partial charge in [0.15, 0.2) is 4.80 Å². The molecule has 1 aromatic heterocycles. The van der Waals surface area contributed by atoms with Crippen molar-refractivity contribution in [1.29, 1.82) is 0 Å². The molecular weight excluding hydrogens is 574 g/mol. The molecule has 2 heterocycles. The summed E-state index contributed by atoms with van der Waals surface area (Å²) in [5.74, 6) is 1.40. The molecular formula is C35H27N3O5S. The Morgan fingerprint density at radius 1 is 0.977 bits per heavy atom. The number of rotatable bonds is 7. The summed E-state index contributed by atoms with van der Waals surface area (Å²) in [6, 6.07) is 29.7. The van der Waals surface area contributed by atoms with Crippen LogP contribution in [-0.4, -0.2) is 16.6 Å². The van der Waals surface area contributed by atoms with E-state index in [0.717, 1.165) is 52.1 Å². The molecule has 2 aliphatic rings. The second-order valence-electron chi connectivity index (χ2n) is 10.6. The summed E-state index contributed by atoms with van der Waals surface area (Å²) in [5, 5.41) is 10.9. The van der Waals surface area contributed by atoms with Crippen molar-refractivity contribution in [3.63, 3.8) is 0 Å². The van der Waals surface area contributed by atoms with E-state index in [0.29, 0.717) is 15.1 Å². The van der Waals surface area contributed by atoms with Crippen molar-refractivity contribution in [2.24, 2.45) is 4.99 Å². The minimum absolute atomic E-state index is 0.0441. The normalized spacial score (nSPS) is 15.6. The molecule has 0 unspecified atom stereocenters. The van der Waals surface area contributed by atoms with Crippen molar-refractivity contribution in [2.75, 3.05) is 7.11 Å². The van der Waals surface area contributed by atoms with Crippen LogP contribution in [0.4, 0.5) is 5.69 Å². The number of non-ortho nitro benzene ring substituents is 1. The molecule has 0 radical (unpaired) electrons. The van der Waals surface area contributed by atoms with Gasteiger partial charge in [-0.2, -0.15) is 0 Å². The average molecular weight is 602 g/mol. The van der Waals surface area contributed by atoms with Gasteiger partial charge in [-0.05, 0) is 71.5 Å². The van der Waals surface area contributed by atoms with Gasteiger partial charge in [-0.25, -0.2) is 4.99 Å². The van der Waals surface area contributed by atoms with E-state index in [1.165, 1.54) is 29.0 Å². The van der Waals surface area contributed by atoms with E-state index >= 15 is 0 Å². The summed E-state index contributed by atoms with van der Waals surface area (Å²) >= 11 is 1.39. The lowest BCUT2D eigenvalue weighted by Crippen LogP contribution is -2.38. The molecule has 1 aliphatic carbocycles. The van der Waals surface area contributed by atoms with Gasteiger partial charge in [0.2, 0.25) is 0 Å². The molecule has 0 saturated carbocycles. The zero-order valence-electron chi connectivity index (χ0n) is 23.8. The third-order valence-electron chi connectivity index (χ3n) is 8.04. The molecule has 0 N–H and O–H groups in total. The number of thiazole rings is 1. The predicted octanol–water partition coefficient (Wildman–Crippen LogP) is 5.81. The number of hydrogen-bond donors (Lipinski definition) is 0. The summed E-state index contributed by atoms with van der Waals surface area (Å²) in [6.07, 6.45) is 3.59. The molecule has 4 aromatic carbocycles. The Bertz CT molecular complexity index is 2110. The van der Waals surface area contributed by atoms with Gasteiger partial charge in [-0.15, -0.1) is 0 Å². The number of aryl methyl sites for hydroxylation is 1. The van der Waals surface area contributed by atoms with Crippen LogP contribution in [0, 0.1) is 10.1 Å². The van der Waals surface area contributed by atoms with E-state index in [1.54, 1.807) is 19.2 Å². The minimum atomic E-state index is -0.424. The quantitative estimate of drug-likeness (QED) is 0.173. The third-order valence-corrected chi connectivity index (χ3v) is 9.02. The predicted molar refractivity (Wildman–Crippen MR) is 170 cm³/mol. The second-order valence-corrected chi connectivity index (χ2v) is 11.6. The number of nitrogens with zero attached hydrogens (tertiary/aromatic N) is 3. The maximum atomic E-state index is 14.1. The SMILES string of the molecule is COc1ccccc1[C@@H]1C2=C(N=c3s/c(=C\c4ccc(OCc5ccc([N+](=O)[O-])cc5)cc4)c(=O)n31)c1ccccc1CC2. The zero-order chi connectivity index (χ0) is 30.2. The Morgan fingerprint density at radius 3 is 2.50 bits per heavy atom. The lowest BCUT2D eigenvalue weighted by atomic mass is 9.83. The second kappa shape index (κ2) is 11.4. The van der Waals surface area contributed by atoms with Crippen LogP contribution in [0.15, 0.2) is 112 Å². The molecule has 0 spiro atoms. The van der Waals surface area contributed by atoms with Gasteiger partial charge in [-0.3, -0.25) is 19.5 Å². The minimum Gasteiger partial charge on any atom is -0.496 e. The van der Waals surface area contributed by atoms with E-state index < -0.39 is 4.92 Å². The van der Waals surface area contributed by atoms with Crippen LogP contribution in [0.5, 0.6) is 11.5 Å². The van der Waals surface area contributed by atoms with Crippen molar-refractivity contribution in [2.45, 2.75) is 25.5 Å². The Hall–Kier alpha value is -5.28. The van der Waals surface area contributed by atoms with E-state index in [2.05, 4.69) is 18.2 Å². The van der Waals surface area contributed by atoms with Crippen molar-refractivity contribution in [3.05, 3.63) is 160 Å². The molecule has 9 heteroatoms. The van der Waals surface area contributed by atoms with Crippen LogP contribution in [-0.2, 0) is 13.0 Å². The number of hydrogen-bond acceptors (Lipinski definition) is 7. The third kappa shape index (κ3) is 5.01. The molecule has 0 bridgehead atoms. The summed E-state index contributed by atoms with van der Waals surface area (Å²) in [4.78, 5) is 30.3. The number of aromatic nitrogens is 1. The number of para-hydroxylation sites is 1. The van der Waals surface area contributed by atoms with Crippen LogP contribution in [0.25, 0.3) is 11.8 Å². The number of nitro groups is 1. The highest BCUT2D eigenvalue weighted by Crippen LogP contribution is 2.43. The molecule has 7 rings (SSSR count). The first-order valence-electron chi connectivity index (χ1n) is 14.2. The zero-order valence-corrected chi connectivity index (χ0v) is 24.6. The molecule has 44 heavy (non-hydrogen) atoms. The standard InChI is InChI=1S/C35H27N3O5S/c1-42-30-9-5-4-8-28(30)33-29-19-14-24-6-2-3-7-27(24)32(29)36-35-37(33)34(39)31(44-35)20-22-12-17-26(18-13-22)43-21-23-10-15-25(16-11-23)38(40)41/h2-13,15-18,20,33H,14,19,21H2,1H3/b31-20-/t33-/m1/s1. The monoisotopic (exact) mass is 601 g/mol. The number of allylic oxidation sites excluding steroid dienone is 1. The Labute approximate surface area is 256 Å². The van der Waals surface area contributed by atoms with Gasteiger partial charge in [0.05, 0.1) is 28.3 Å². The smallest absolute Gasteiger partial charge is 0.271 e. The summed E-state index contributed by atoms with van der Waals surface area (Å²) in [6.45, 7) is 0.284. The van der Waals surface area contributed by atoms with Crippen LogP contribution < -0.4 is 24.4 Å². The van der Waals surface area contributed by atoms with Crippen LogP contribution in [0.3, 0.4) is 0 Å². The van der Waals surface area contributed by atoms with Crippen LogP contribution in [0.2, 0.25) is 0 Å². The molecule has 0 saturated heterocycles. The lowest BCUT2D eigenvalue weighted by molar-refractivity contribution is -0.384. The van der Waals surface area contributed by atoms with Crippen molar-refractivity contribution in [1.82, 2.24) is 4.57 Å². The van der Waals surface area contributed by atoms with Gasteiger partial charge < -0.3 is 9.47 Å². The molecule has 1 atom stereocenters. The Morgan fingerprint density at radius 2 is 1.73 bits per heavy atom. The maximum Gasteiger partial charge on any atom is 0.271 e. The lowest BCUT2D eigenvalue weighted by Gasteiger charge is -2.31. The van der Waals surface area contributed by atoms with Crippen molar-refractivity contribution in [3.8, 4) is 11.5 Å². The summed E-state index contributed by atoms with van der Waals surface area (Å²) in [5.41, 5.74) is 7.05. The molecule has 218 valence electrons. The Kier molecular flexibility index (Phi) is 7.15. The molecule has 0 fully saturated rings. The van der Waals surface area contributed by atoms with Gasteiger partial charge in [0.25, 0.3) is 11.2 Å². The van der Waals surface area contributed by atoms with Gasteiger partial charge in [-0.1, -0.05) is 65.9 Å². The first kappa shape index (κ1) is 27.5.